The highest BCUT2D eigenvalue weighted by atomic mass is 14.3. The standard InChI is InChI=1S/C16H22.C10H16/c1-8-9(2)12(5)16-14(7)10(3)13(6)15(16)11(8)4;1-6-7(2)9(4)10(5)8(6)3/h13H,1-7H3;6H,1-5H3. The van der Waals surface area contributed by atoms with Gasteiger partial charge in [0.15, 0.2) is 0 Å². The zero-order valence-corrected chi connectivity index (χ0v) is 19.2. The molecule has 2 aliphatic rings. The molecule has 1 aromatic rings. The van der Waals surface area contributed by atoms with Crippen molar-refractivity contribution < 1.29 is 0 Å². The first-order valence-electron chi connectivity index (χ1n) is 10.1. The van der Waals surface area contributed by atoms with Crippen molar-refractivity contribution in [2.75, 3.05) is 0 Å². The van der Waals surface area contributed by atoms with Gasteiger partial charge in [-0.25, -0.2) is 0 Å². The Balaban J connectivity index is 0.000000209. The SMILES string of the molecule is CC1=C(C)C(C)C(C)=C1C.CC1=C(C)C(C)c2c(C)c(C)c(C)c(C)c21. The van der Waals surface area contributed by atoms with Crippen LogP contribution in [-0.4, -0.2) is 0 Å². The van der Waals surface area contributed by atoms with Gasteiger partial charge in [-0.05, 0) is 125 Å². The molecule has 0 aliphatic heterocycles. The van der Waals surface area contributed by atoms with Crippen LogP contribution in [0.15, 0.2) is 27.9 Å². The van der Waals surface area contributed by atoms with Crippen molar-refractivity contribution in [3.8, 4) is 0 Å². The number of fused-ring (bicyclic) bond motifs is 1. The highest BCUT2D eigenvalue weighted by molar-refractivity contribution is 5.81. The van der Waals surface area contributed by atoms with Gasteiger partial charge in [0, 0.05) is 5.92 Å². The van der Waals surface area contributed by atoms with Gasteiger partial charge in [0.1, 0.15) is 0 Å². The first-order chi connectivity index (χ1) is 11.9. The van der Waals surface area contributed by atoms with Crippen LogP contribution >= 0.6 is 0 Å². The summed E-state index contributed by atoms with van der Waals surface area (Å²) in [4.78, 5) is 0. The largest absolute Gasteiger partial charge is 0.0632 e. The van der Waals surface area contributed by atoms with Crippen LogP contribution in [0, 0.1) is 33.6 Å². The van der Waals surface area contributed by atoms with Gasteiger partial charge in [-0.2, -0.15) is 0 Å². The second-order valence-corrected chi connectivity index (χ2v) is 8.66. The van der Waals surface area contributed by atoms with E-state index < -0.39 is 0 Å². The minimum atomic E-state index is 0.605. The zero-order valence-electron chi connectivity index (χ0n) is 19.2. The van der Waals surface area contributed by atoms with E-state index in [-0.39, 0.29) is 0 Å². The maximum Gasteiger partial charge on any atom is 0.00318 e. The van der Waals surface area contributed by atoms with E-state index in [1.165, 1.54) is 44.5 Å². The van der Waals surface area contributed by atoms with E-state index in [0.717, 1.165) is 0 Å². The molecule has 0 radical (unpaired) electrons. The maximum atomic E-state index is 2.34. The Labute approximate surface area is 162 Å². The second-order valence-electron chi connectivity index (χ2n) is 8.66. The van der Waals surface area contributed by atoms with E-state index in [9.17, 15) is 0 Å². The normalized spacial score (nSPS) is 20.1. The van der Waals surface area contributed by atoms with Crippen LogP contribution in [-0.2, 0) is 0 Å². The number of allylic oxidation sites excluding steroid dienone is 6. The second kappa shape index (κ2) is 7.22. The number of hydrogen-bond acceptors (Lipinski definition) is 0. The average molecular weight is 351 g/mol. The molecular weight excluding hydrogens is 312 g/mol. The summed E-state index contributed by atoms with van der Waals surface area (Å²) in [6, 6.07) is 0. The van der Waals surface area contributed by atoms with E-state index in [0.29, 0.717) is 11.8 Å². The van der Waals surface area contributed by atoms with Gasteiger partial charge >= 0.3 is 0 Å². The average Bonchev–Trinajstić information content (AvgIpc) is 2.94. The molecule has 0 heteroatoms. The zero-order chi connectivity index (χ0) is 20.1. The third-order valence-corrected chi connectivity index (χ3v) is 7.83. The summed E-state index contributed by atoms with van der Waals surface area (Å²) in [6.07, 6.45) is 0. The van der Waals surface area contributed by atoms with Crippen LogP contribution in [0.4, 0.5) is 0 Å². The Morgan fingerprint density at radius 3 is 1.19 bits per heavy atom. The summed E-state index contributed by atoms with van der Waals surface area (Å²) in [5.74, 6) is 1.30. The van der Waals surface area contributed by atoms with Crippen LogP contribution in [0.2, 0.25) is 0 Å². The van der Waals surface area contributed by atoms with Crippen LogP contribution in [0.5, 0.6) is 0 Å². The van der Waals surface area contributed by atoms with E-state index in [1.807, 2.05) is 0 Å². The molecule has 1 aromatic carbocycles. The minimum Gasteiger partial charge on any atom is -0.0632 e. The molecule has 3 rings (SSSR count). The van der Waals surface area contributed by atoms with E-state index in [1.54, 1.807) is 22.3 Å². The summed E-state index contributed by atoms with van der Waals surface area (Å²) in [7, 11) is 0. The van der Waals surface area contributed by atoms with Crippen molar-refractivity contribution in [2.24, 2.45) is 5.92 Å². The molecule has 26 heavy (non-hydrogen) atoms. The van der Waals surface area contributed by atoms with Gasteiger partial charge in [-0.3, -0.25) is 0 Å². The van der Waals surface area contributed by atoms with E-state index in [2.05, 4.69) is 83.1 Å². The molecule has 0 spiro atoms. The summed E-state index contributed by atoms with van der Waals surface area (Å²) in [5, 5.41) is 0. The molecule has 0 nitrogen and oxygen atoms in total. The summed E-state index contributed by atoms with van der Waals surface area (Å²) >= 11 is 0. The fourth-order valence-corrected chi connectivity index (χ4v) is 4.67. The van der Waals surface area contributed by atoms with Crippen molar-refractivity contribution in [1.29, 1.82) is 0 Å². The Hall–Kier alpha value is -1.56. The highest BCUT2D eigenvalue weighted by Gasteiger charge is 2.28. The molecule has 0 saturated heterocycles. The smallest absolute Gasteiger partial charge is 0.00318 e. The fourth-order valence-electron chi connectivity index (χ4n) is 4.67. The van der Waals surface area contributed by atoms with Gasteiger partial charge in [-0.1, -0.05) is 30.6 Å². The quantitative estimate of drug-likeness (QED) is 0.443. The molecule has 0 N–H and O–H groups in total. The lowest BCUT2D eigenvalue weighted by Crippen LogP contribution is -2.02. The molecule has 2 aliphatic carbocycles. The topological polar surface area (TPSA) is 0 Å². The van der Waals surface area contributed by atoms with E-state index >= 15 is 0 Å². The van der Waals surface area contributed by atoms with Crippen LogP contribution in [0.3, 0.4) is 0 Å². The van der Waals surface area contributed by atoms with Crippen molar-refractivity contribution in [3.05, 3.63) is 61.2 Å². The monoisotopic (exact) mass is 350 g/mol. The first-order valence-corrected chi connectivity index (χ1v) is 10.1. The molecule has 0 aromatic heterocycles. The lowest BCUT2D eigenvalue weighted by Gasteiger charge is -2.19. The minimum absolute atomic E-state index is 0.605. The van der Waals surface area contributed by atoms with Gasteiger partial charge in [-0.15, -0.1) is 0 Å². The first kappa shape index (κ1) is 20.7. The number of rotatable bonds is 0. The predicted octanol–water partition coefficient (Wildman–Crippen LogP) is 8.14. The predicted molar refractivity (Wildman–Crippen MR) is 118 cm³/mol. The Kier molecular flexibility index (Phi) is 5.76. The highest BCUT2D eigenvalue weighted by Crippen LogP contribution is 2.46. The van der Waals surface area contributed by atoms with E-state index in [4.69, 9.17) is 0 Å². The lowest BCUT2D eigenvalue weighted by atomic mass is 9.86. The molecule has 0 bridgehead atoms. The van der Waals surface area contributed by atoms with Gasteiger partial charge in [0.05, 0.1) is 0 Å². The third-order valence-electron chi connectivity index (χ3n) is 7.83. The Morgan fingerprint density at radius 2 is 0.808 bits per heavy atom. The van der Waals surface area contributed by atoms with Crippen LogP contribution < -0.4 is 0 Å². The maximum absolute atomic E-state index is 2.34. The molecule has 0 heterocycles. The molecule has 0 saturated carbocycles. The number of benzene rings is 1. The summed E-state index contributed by atoms with van der Waals surface area (Å²) in [5.41, 5.74) is 18.2. The van der Waals surface area contributed by atoms with Crippen LogP contribution in [0.25, 0.3) is 5.57 Å². The van der Waals surface area contributed by atoms with Crippen molar-refractivity contribution in [3.63, 3.8) is 0 Å². The molecule has 1 atom stereocenters. The number of hydrogen-bond donors (Lipinski definition) is 0. The summed E-state index contributed by atoms with van der Waals surface area (Å²) < 4.78 is 0. The molecular formula is C26H38. The van der Waals surface area contributed by atoms with Crippen molar-refractivity contribution in [1.82, 2.24) is 0 Å². The molecule has 0 amide bonds. The molecule has 0 fully saturated rings. The third kappa shape index (κ3) is 3.02. The van der Waals surface area contributed by atoms with Crippen molar-refractivity contribution in [2.45, 2.75) is 89.0 Å². The fraction of sp³-hybridized carbons (Fsp3) is 0.538. The van der Waals surface area contributed by atoms with Gasteiger partial charge < -0.3 is 0 Å². The lowest BCUT2D eigenvalue weighted by molar-refractivity contribution is 0.815. The van der Waals surface area contributed by atoms with Gasteiger partial charge in [0.25, 0.3) is 0 Å². The molecule has 142 valence electrons. The Morgan fingerprint density at radius 1 is 0.423 bits per heavy atom. The van der Waals surface area contributed by atoms with Crippen molar-refractivity contribution >= 4 is 5.57 Å². The summed E-state index contributed by atoms with van der Waals surface area (Å²) in [6.45, 7) is 27.2. The Bertz CT molecular complexity index is 829. The van der Waals surface area contributed by atoms with Gasteiger partial charge in [0.2, 0.25) is 0 Å². The molecule has 1 unspecified atom stereocenters. The van der Waals surface area contributed by atoms with Crippen LogP contribution in [0.1, 0.15) is 94.7 Å².